The Kier molecular flexibility index (Phi) is 2.37. The minimum absolute atomic E-state index is 0.145. The Morgan fingerprint density at radius 1 is 1.42 bits per heavy atom. The molecule has 2 saturated carbocycles. The van der Waals surface area contributed by atoms with Crippen molar-refractivity contribution in [1.29, 1.82) is 0 Å². The number of fused-ring (bicyclic) bond motifs is 2. The van der Waals surface area contributed by atoms with Crippen molar-refractivity contribution >= 4 is 17.1 Å². The third kappa shape index (κ3) is 1.91. The lowest BCUT2D eigenvalue weighted by Crippen LogP contribution is -2.17. The number of nitrogens with one attached hydrogen (secondary N) is 1. The summed E-state index contributed by atoms with van der Waals surface area (Å²) in [6.07, 6.45) is 8.24. The number of rotatable bonds is 3. The van der Waals surface area contributed by atoms with E-state index < -0.39 is 0 Å². The summed E-state index contributed by atoms with van der Waals surface area (Å²) in [4.78, 5) is 12.2. The first-order chi connectivity index (χ1) is 9.31. The molecule has 2 aliphatic carbocycles. The molecule has 2 aromatic heterocycles. The van der Waals surface area contributed by atoms with Crippen LogP contribution in [-0.4, -0.2) is 15.5 Å². The molecule has 0 bridgehead atoms. The van der Waals surface area contributed by atoms with E-state index in [0.29, 0.717) is 12.3 Å². The molecule has 2 aromatic rings. The molecular weight excluding hydrogens is 238 g/mol. The lowest BCUT2D eigenvalue weighted by Gasteiger charge is -2.12. The molecule has 4 nitrogen and oxygen atoms in total. The molecule has 4 rings (SSSR count). The Labute approximate surface area is 111 Å². The van der Waals surface area contributed by atoms with E-state index in [1.165, 1.54) is 19.3 Å². The van der Waals surface area contributed by atoms with Crippen molar-refractivity contribution in [3.8, 4) is 0 Å². The lowest BCUT2D eigenvalue weighted by atomic mass is 9.99. The fourth-order valence-corrected chi connectivity index (χ4v) is 3.57. The third-order valence-electron chi connectivity index (χ3n) is 4.65. The molecule has 0 aromatic carbocycles. The van der Waals surface area contributed by atoms with E-state index in [-0.39, 0.29) is 5.91 Å². The minimum Gasteiger partial charge on any atom is -0.324 e. The molecule has 0 radical (unpaired) electrons. The standard InChI is InChI=1S/C15H17N3O/c19-15(9-11-4-3-10-8-12(10)11)17-13-2-1-7-18-14(13)5-6-16-18/h1-2,5-7,10-12H,3-4,8-9H2,(H,17,19). The summed E-state index contributed by atoms with van der Waals surface area (Å²) in [6, 6.07) is 5.76. The average molecular weight is 255 g/mol. The molecule has 0 spiro atoms. The highest BCUT2D eigenvalue weighted by Gasteiger charge is 2.48. The van der Waals surface area contributed by atoms with Crippen molar-refractivity contribution in [2.45, 2.75) is 25.7 Å². The number of pyridine rings is 1. The van der Waals surface area contributed by atoms with Crippen LogP contribution < -0.4 is 5.32 Å². The van der Waals surface area contributed by atoms with Crippen molar-refractivity contribution in [2.24, 2.45) is 17.8 Å². The number of carbonyl (C=O) groups excluding carboxylic acids is 1. The number of nitrogens with zero attached hydrogens (tertiary/aromatic N) is 2. The highest BCUT2D eigenvalue weighted by atomic mass is 16.1. The molecule has 3 atom stereocenters. The molecule has 4 heteroatoms. The minimum atomic E-state index is 0.145. The van der Waals surface area contributed by atoms with E-state index in [0.717, 1.165) is 23.0 Å². The summed E-state index contributed by atoms with van der Waals surface area (Å²) < 4.78 is 1.78. The Bertz CT molecular complexity index is 633. The Morgan fingerprint density at radius 2 is 2.37 bits per heavy atom. The van der Waals surface area contributed by atoms with Crippen LogP contribution in [0, 0.1) is 17.8 Å². The van der Waals surface area contributed by atoms with Gasteiger partial charge in [0, 0.05) is 12.6 Å². The molecule has 0 saturated heterocycles. The zero-order chi connectivity index (χ0) is 12.8. The van der Waals surface area contributed by atoms with E-state index >= 15 is 0 Å². The fraction of sp³-hybridized carbons (Fsp3) is 0.467. The molecular formula is C15H17N3O. The van der Waals surface area contributed by atoms with E-state index in [2.05, 4.69) is 10.4 Å². The summed E-state index contributed by atoms with van der Waals surface area (Å²) in [5.74, 6) is 2.55. The monoisotopic (exact) mass is 255 g/mol. The number of amides is 1. The molecule has 1 N–H and O–H groups in total. The number of carbonyl (C=O) groups is 1. The predicted molar refractivity (Wildman–Crippen MR) is 72.8 cm³/mol. The van der Waals surface area contributed by atoms with Crippen LogP contribution in [0.4, 0.5) is 5.69 Å². The normalized spacial score (nSPS) is 28.3. The van der Waals surface area contributed by atoms with Gasteiger partial charge in [-0.05, 0) is 55.2 Å². The smallest absolute Gasteiger partial charge is 0.224 e. The van der Waals surface area contributed by atoms with Crippen LogP contribution in [0.3, 0.4) is 0 Å². The maximum atomic E-state index is 12.2. The van der Waals surface area contributed by atoms with E-state index in [1.807, 2.05) is 24.4 Å². The molecule has 0 aliphatic heterocycles. The second kappa shape index (κ2) is 4.08. The number of hydrogen-bond donors (Lipinski definition) is 1. The van der Waals surface area contributed by atoms with Crippen LogP contribution in [0.1, 0.15) is 25.7 Å². The second-order valence-corrected chi connectivity index (χ2v) is 5.83. The first kappa shape index (κ1) is 11.0. The Morgan fingerprint density at radius 3 is 3.16 bits per heavy atom. The molecule has 2 aliphatic rings. The van der Waals surface area contributed by atoms with Gasteiger partial charge in [-0.1, -0.05) is 0 Å². The largest absolute Gasteiger partial charge is 0.324 e. The topological polar surface area (TPSA) is 46.4 Å². The Balaban J connectivity index is 1.48. The van der Waals surface area contributed by atoms with Gasteiger partial charge in [0.1, 0.15) is 0 Å². The molecule has 2 heterocycles. The third-order valence-corrected chi connectivity index (χ3v) is 4.65. The molecule has 19 heavy (non-hydrogen) atoms. The first-order valence-corrected chi connectivity index (χ1v) is 7.03. The van der Waals surface area contributed by atoms with Gasteiger partial charge in [0.15, 0.2) is 0 Å². The molecule has 1 amide bonds. The first-order valence-electron chi connectivity index (χ1n) is 7.03. The SMILES string of the molecule is O=C(CC1CCC2CC12)Nc1cccn2nccc12. The van der Waals surface area contributed by atoms with Crippen molar-refractivity contribution in [3.63, 3.8) is 0 Å². The second-order valence-electron chi connectivity index (χ2n) is 5.83. The van der Waals surface area contributed by atoms with Gasteiger partial charge >= 0.3 is 0 Å². The summed E-state index contributed by atoms with van der Waals surface area (Å²) in [5.41, 5.74) is 1.81. The van der Waals surface area contributed by atoms with Gasteiger partial charge in [-0.15, -0.1) is 0 Å². The maximum absolute atomic E-state index is 12.2. The summed E-state index contributed by atoms with van der Waals surface area (Å²) in [6.45, 7) is 0. The van der Waals surface area contributed by atoms with Gasteiger partial charge in [0.05, 0.1) is 17.4 Å². The van der Waals surface area contributed by atoms with Crippen molar-refractivity contribution in [2.75, 3.05) is 5.32 Å². The molecule has 2 fully saturated rings. The summed E-state index contributed by atoms with van der Waals surface area (Å²) in [5, 5.41) is 7.21. The van der Waals surface area contributed by atoms with Crippen LogP contribution in [0.2, 0.25) is 0 Å². The lowest BCUT2D eigenvalue weighted by molar-refractivity contribution is -0.117. The number of anilines is 1. The van der Waals surface area contributed by atoms with Gasteiger partial charge in [-0.2, -0.15) is 5.10 Å². The van der Waals surface area contributed by atoms with E-state index in [1.54, 1.807) is 10.7 Å². The van der Waals surface area contributed by atoms with Gasteiger partial charge in [0.25, 0.3) is 0 Å². The van der Waals surface area contributed by atoms with Crippen molar-refractivity contribution in [3.05, 3.63) is 30.6 Å². The molecule has 98 valence electrons. The summed E-state index contributed by atoms with van der Waals surface area (Å²) >= 11 is 0. The van der Waals surface area contributed by atoms with Gasteiger partial charge in [-0.25, -0.2) is 4.52 Å². The summed E-state index contributed by atoms with van der Waals surface area (Å²) in [7, 11) is 0. The van der Waals surface area contributed by atoms with E-state index in [9.17, 15) is 4.79 Å². The number of aromatic nitrogens is 2. The van der Waals surface area contributed by atoms with Gasteiger partial charge in [0.2, 0.25) is 5.91 Å². The average Bonchev–Trinajstić information content (AvgIpc) is 2.83. The van der Waals surface area contributed by atoms with Crippen LogP contribution in [0.15, 0.2) is 30.6 Å². The fourth-order valence-electron chi connectivity index (χ4n) is 3.57. The van der Waals surface area contributed by atoms with Crippen molar-refractivity contribution < 1.29 is 4.79 Å². The zero-order valence-electron chi connectivity index (χ0n) is 10.7. The zero-order valence-corrected chi connectivity index (χ0v) is 10.7. The maximum Gasteiger partial charge on any atom is 0.224 e. The predicted octanol–water partition coefficient (Wildman–Crippen LogP) is 2.71. The highest BCUT2D eigenvalue weighted by molar-refractivity contribution is 5.95. The van der Waals surface area contributed by atoms with Gasteiger partial charge < -0.3 is 5.32 Å². The quantitative estimate of drug-likeness (QED) is 0.916. The van der Waals surface area contributed by atoms with Crippen LogP contribution in [-0.2, 0) is 4.79 Å². The number of hydrogen-bond acceptors (Lipinski definition) is 2. The van der Waals surface area contributed by atoms with Crippen LogP contribution >= 0.6 is 0 Å². The van der Waals surface area contributed by atoms with Gasteiger partial charge in [-0.3, -0.25) is 4.79 Å². The van der Waals surface area contributed by atoms with Crippen LogP contribution in [0.5, 0.6) is 0 Å². The van der Waals surface area contributed by atoms with Crippen molar-refractivity contribution in [1.82, 2.24) is 9.61 Å². The highest BCUT2D eigenvalue weighted by Crippen LogP contribution is 2.56. The molecule has 3 unspecified atom stereocenters. The van der Waals surface area contributed by atoms with E-state index in [4.69, 9.17) is 0 Å². The van der Waals surface area contributed by atoms with Crippen LogP contribution in [0.25, 0.3) is 5.52 Å². The Hall–Kier alpha value is -1.84.